The third kappa shape index (κ3) is 3.28. The van der Waals surface area contributed by atoms with Crippen LogP contribution in [0.15, 0.2) is 0 Å². The minimum absolute atomic E-state index is 0.322. The molecular formula is C11H23NO. The van der Waals surface area contributed by atoms with E-state index in [9.17, 15) is 0 Å². The first-order valence-corrected chi connectivity index (χ1v) is 5.47. The highest BCUT2D eigenvalue weighted by atomic mass is 16.5. The molecule has 4 unspecified atom stereocenters. The van der Waals surface area contributed by atoms with Crippen molar-refractivity contribution >= 4 is 0 Å². The van der Waals surface area contributed by atoms with Crippen molar-refractivity contribution in [3.05, 3.63) is 0 Å². The van der Waals surface area contributed by atoms with Gasteiger partial charge in [-0.15, -0.1) is 0 Å². The van der Waals surface area contributed by atoms with Crippen LogP contribution in [-0.4, -0.2) is 25.3 Å². The molecule has 0 aromatic carbocycles. The van der Waals surface area contributed by atoms with Crippen LogP contribution in [0.1, 0.15) is 40.0 Å². The van der Waals surface area contributed by atoms with Crippen molar-refractivity contribution in [2.75, 3.05) is 7.11 Å². The van der Waals surface area contributed by atoms with E-state index in [0.717, 1.165) is 12.0 Å². The van der Waals surface area contributed by atoms with Gasteiger partial charge < -0.3 is 10.1 Å². The highest BCUT2D eigenvalue weighted by Crippen LogP contribution is 2.34. The van der Waals surface area contributed by atoms with Crippen molar-refractivity contribution in [2.24, 2.45) is 5.92 Å². The van der Waals surface area contributed by atoms with Gasteiger partial charge in [-0.25, -0.2) is 0 Å². The summed E-state index contributed by atoms with van der Waals surface area (Å²) in [4.78, 5) is 0. The Morgan fingerprint density at radius 2 is 2.15 bits per heavy atom. The lowest BCUT2D eigenvalue weighted by atomic mass is 10.2. The Labute approximate surface area is 82.0 Å². The topological polar surface area (TPSA) is 21.3 Å². The molecule has 1 rings (SSSR count). The van der Waals surface area contributed by atoms with Crippen LogP contribution in [0.2, 0.25) is 0 Å². The highest BCUT2D eigenvalue weighted by Gasteiger charge is 2.37. The molecule has 2 nitrogen and oxygen atoms in total. The number of methoxy groups -OCH3 is 1. The second-order valence-electron chi connectivity index (χ2n) is 4.29. The molecule has 1 saturated carbocycles. The van der Waals surface area contributed by atoms with Gasteiger partial charge in [0.15, 0.2) is 0 Å². The molecule has 0 spiro atoms. The molecule has 0 aromatic rings. The molecule has 0 radical (unpaired) electrons. The van der Waals surface area contributed by atoms with E-state index in [1.807, 2.05) is 0 Å². The lowest BCUT2D eigenvalue weighted by Crippen LogP contribution is -2.38. The molecule has 1 aliphatic rings. The van der Waals surface area contributed by atoms with Crippen LogP contribution in [0.4, 0.5) is 0 Å². The Balaban J connectivity index is 2.12. The van der Waals surface area contributed by atoms with Crippen LogP contribution in [-0.2, 0) is 4.74 Å². The van der Waals surface area contributed by atoms with E-state index in [1.54, 1.807) is 7.11 Å². The van der Waals surface area contributed by atoms with Crippen LogP contribution >= 0.6 is 0 Å². The molecule has 0 amide bonds. The van der Waals surface area contributed by atoms with Crippen LogP contribution in [0.5, 0.6) is 0 Å². The molecule has 0 saturated heterocycles. The number of hydrogen-bond donors (Lipinski definition) is 1. The maximum atomic E-state index is 5.27. The van der Waals surface area contributed by atoms with Gasteiger partial charge in [0.25, 0.3) is 0 Å². The summed E-state index contributed by atoms with van der Waals surface area (Å²) in [5, 5.41) is 3.61. The van der Waals surface area contributed by atoms with Gasteiger partial charge in [-0.2, -0.15) is 0 Å². The first kappa shape index (κ1) is 11.0. The van der Waals surface area contributed by atoms with Crippen LogP contribution in [0.3, 0.4) is 0 Å². The fourth-order valence-electron chi connectivity index (χ4n) is 1.82. The summed E-state index contributed by atoms with van der Waals surface area (Å²) < 4.78 is 5.27. The maximum Gasteiger partial charge on any atom is 0.0693 e. The lowest BCUT2D eigenvalue weighted by Gasteiger charge is -2.20. The maximum absolute atomic E-state index is 5.27. The van der Waals surface area contributed by atoms with Gasteiger partial charge in [-0.3, -0.25) is 0 Å². The number of ether oxygens (including phenoxy) is 1. The van der Waals surface area contributed by atoms with E-state index in [4.69, 9.17) is 4.74 Å². The lowest BCUT2D eigenvalue weighted by molar-refractivity contribution is 0.0876. The van der Waals surface area contributed by atoms with Crippen molar-refractivity contribution in [3.63, 3.8) is 0 Å². The van der Waals surface area contributed by atoms with Crippen molar-refractivity contribution in [1.82, 2.24) is 5.32 Å². The van der Waals surface area contributed by atoms with Gasteiger partial charge in [0, 0.05) is 19.2 Å². The summed E-state index contributed by atoms with van der Waals surface area (Å²) in [6, 6.07) is 1.25. The Bertz CT molecular complexity index is 149. The van der Waals surface area contributed by atoms with Crippen LogP contribution in [0.25, 0.3) is 0 Å². The molecule has 13 heavy (non-hydrogen) atoms. The fourth-order valence-corrected chi connectivity index (χ4v) is 1.82. The second kappa shape index (κ2) is 4.97. The molecule has 4 atom stereocenters. The van der Waals surface area contributed by atoms with Gasteiger partial charge in [0.2, 0.25) is 0 Å². The van der Waals surface area contributed by atoms with Gasteiger partial charge in [0.1, 0.15) is 0 Å². The Hall–Kier alpha value is -0.0800. The summed E-state index contributed by atoms with van der Waals surface area (Å²) in [5.74, 6) is 0.941. The zero-order valence-electron chi connectivity index (χ0n) is 9.34. The van der Waals surface area contributed by atoms with Gasteiger partial charge >= 0.3 is 0 Å². The SMILES string of the molecule is CCCC1CC1NC(C)C(C)OC. The van der Waals surface area contributed by atoms with Crippen molar-refractivity contribution in [2.45, 2.75) is 58.2 Å². The fraction of sp³-hybridized carbons (Fsp3) is 1.00. The molecular weight excluding hydrogens is 162 g/mol. The minimum atomic E-state index is 0.322. The van der Waals surface area contributed by atoms with E-state index in [2.05, 4.69) is 26.1 Å². The third-order valence-electron chi connectivity index (χ3n) is 3.13. The Morgan fingerprint density at radius 1 is 1.46 bits per heavy atom. The van der Waals surface area contributed by atoms with E-state index >= 15 is 0 Å². The first-order valence-electron chi connectivity index (χ1n) is 5.47. The molecule has 0 heterocycles. The monoisotopic (exact) mass is 185 g/mol. The molecule has 1 N–H and O–H groups in total. The predicted octanol–water partition coefficient (Wildman–Crippen LogP) is 2.19. The van der Waals surface area contributed by atoms with Crippen LogP contribution in [0, 0.1) is 5.92 Å². The molecule has 2 heteroatoms. The van der Waals surface area contributed by atoms with Crippen molar-refractivity contribution in [1.29, 1.82) is 0 Å². The second-order valence-corrected chi connectivity index (χ2v) is 4.29. The summed E-state index contributed by atoms with van der Waals surface area (Å²) in [6.45, 7) is 6.58. The van der Waals surface area contributed by atoms with Crippen molar-refractivity contribution in [3.8, 4) is 0 Å². The highest BCUT2D eigenvalue weighted by molar-refractivity contribution is 4.94. The normalized spacial score (nSPS) is 31.4. The van der Waals surface area contributed by atoms with E-state index < -0.39 is 0 Å². The standard InChI is InChI=1S/C11H23NO/c1-5-6-10-7-11(10)12-8(2)9(3)13-4/h8-12H,5-7H2,1-4H3. The quantitative estimate of drug-likeness (QED) is 0.685. The molecule has 0 bridgehead atoms. The van der Waals surface area contributed by atoms with Crippen LogP contribution < -0.4 is 5.32 Å². The summed E-state index contributed by atoms with van der Waals surface area (Å²) >= 11 is 0. The largest absolute Gasteiger partial charge is 0.380 e. The summed E-state index contributed by atoms with van der Waals surface area (Å²) in [5.41, 5.74) is 0. The zero-order chi connectivity index (χ0) is 9.84. The van der Waals surface area contributed by atoms with E-state index in [-0.39, 0.29) is 0 Å². The minimum Gasteiger partial charge on any atom is -0.380 e. The van der Waals surface area contributed by atoms with Gasteiger partial charge in [-0.1, -0.05) is 13.3 Å². The average molecular weight is 185 g/mol. The first-order chi connectivity index (χ1) is 6.19. The van der Waals surface area contributed by atoms with E-state index in [0.29, 0.717) is 12.1 Å². The average Bonchev–Trinajstić information content (AvgIpc) is 2.83. The Morgan fingerprint density at radius 3 is 2.69 bits per heavy atom. The molecule has 0 aliphatic heterocycles. The van der Waals surface area contributed by atoms with E-state index in [1.165, 1.54) is 19.3 Å². The van der Waals surface area contributed by atoms with Gasteiger partial charge in [0.05, 0.1) is 6.10 Å². The molecule has 1 aliphatic carbocycles. The predicted molar refractivity (Wildman–Crippen MR) is 55.9 cm³/mol. The molecule has 78 valence electrons. The number of nitrogens with one attached hydrogen (secondary N) is 1. The third-order valence-corrected chi connectivity index (χ3v) is 3.13. The summed E-state index contributed by atoms with van der Waals surface area (Å²) in [7, 11) is 1.78. The Kier molecular flexibility index (Phi) is 4.20. The number of rotatable bonds is 6. The molecule has 0 aromatic heterocycles. The van der Waals surface area contributed by atoms with Gasteiger partial charge in [-0.05, 0) is 32.6 Å². The summed E-state index contributed by atoms with van der Waals surface area (Å²) in [6.07, 6.45) is 4.39. The molecule has 1 fully saturated rings. The van der Waals surface area contributed by atoms with Crippen molar-refractivity contribution < 1.29 is 4.74 Å². The smallest absolute Gasteiger partial charge is 0.0693 e. The number of hydrogen-bond acceptors (Lipinski definition) is 2. The zero-order valence-corrected chi connectivity index (χ0v) is 9.34.